The summed E-state index contributed by atoms with van der Waals surface area (Å²) in [5.41, 5.74) is 1.80. The number of benzene rings is 2. The zero-order valence-corrected chi connectivity index (χ0v) is 10.3. The molecule has 1 saturated carbocycles. The van der Waals surface area contributed by atoms with Crippen LogP contribution < -0.4 is 4.74 Å². The Morgan fingerprint density at radius 1 is 1.11 bits per heavy atom. The zero-order chi connectivity index (χ0) is 13.2. The molecule has 96 valence electrons. The van der Waals surface area contributed by atoms with Crippen molar-refractivity contribution in [2.45, 2.75) is 18.9 Å². The first-order valence-electron chi connectivity index (χ1n) is 6.28. The zero-order valence-electron chi connectivity index (χ0n) is 10.3. The number of aldehydes is 1. The number of ether oxygens (including phenoxy) is 1. The molecule has 3 heteroatoms. The van der Waals surface area contributed by atoms with Crippen LogP contribution in [0, 0.1) is 5.82 Å². The molecule has 0 atom stereocenters. The van der Waals surface area contributed by atoms with Gasteiger partial charge in [-0.15, -0.1) is 0 Å². The monoisotopic (exact) mass is 256 g/mol. The van der Waals surface area contributed by atoms with Crippen LogP contribution in [0.1, 0.15) is 23.2 Å². The second-order valence-corrected chi connectivity index (χ2v) is 4.70. The number of carbonyl (C=O) groups excluding carboxylic acids is 1. The summed E-state index contributed by atoms with van der Waals surface area (Å²) < 4.78 is 19.0. The van der Waals surface area contributed by atoms with Gasteiger partial charge >= 0.3 is 0 Å². The van der Waals surface area contributed by atoms with Gasteiger partial charge in [0.1, 0.15) is 11.6 Å². The summed E-state index contributed by atoms with van der Waals surface area (Å²) in [6.07, 6.45) is 3.09. The average molecular weight is 256 g/mol. The fourth-order valence-corrected chi connectivity index (χ4v) is 1.94. The van der Waals surface area contributed by atoms with Crippen LogP contribution >= 0.6 is 0 Å². The Kier molecular flexibility index (Phi) is 3.03. The van der Waals surface area contributed by atoms with Crippen molar-refractivity contribution in [3.63, 3.8) is 0 Å². The molecule has 0 spiro atoms. The molecule has 2 nitrogen and oxygen atoms in total. The van der Waals surface area contributed by atoms with Gasteiger partial charge in [0.05, 0.1) is 11.7 Å². The Balaban J connectivity index is 1.94. The number of hydrogen-bond donors (Lipinski definition) is 0. The van der Waals surface area contributed by atoms with Crippen molar-refractivity contribution in [1.82, 2.24) is 0 Å². The number of halogens is 1. The van der Waals surface area contributed by atoms with E-state index in [2.05, 4.69) is 0 Å². The fourth-order valence-electron chi connectivity index (χ4n) is 1.94. The molecule has 19 heavy (non-hydrogen) atoms. The first-order chi connectivity index (χ1) is 9.26. The maximum atomic E-state index is 13.3. The van der Waals surface area contributed by atoms with Gasteiger partial charge in [-0.25, -0.2) is 4.39 Å². The highest BCUT2D eigenvalue weighted by Crippen LogP contribution is 2.30. The van der Waals surface area contributed by atoms with Gasteiger partial charge in [0.25, 0.3) is 0 Å². The third kappa shape index (κ3) is 2.65. The predicted molar refractivity (Wildman–Crippen MR) is 70.9 cm³/mol. The van der Waals surface area contributed by atoms with Crippen molar-refractivity contribution in [1.29, 1.82) is 0 Å². The van der Waals surface area contributed by atoms with Gasteiger partial charge < -0.3 is 4.74 Å². The molecule has 0 aliphatic heterocycles. The van der Waals surface area contributed by atoms with Crippen LogP contribution in [-0.4, -0.2) is 12.4 Å². The Bertz CT molecular complexity index is 618. The highest BCUT2D eigenvalue weighted by molar-refractivity contribution is 5.79. The minimum absolute atomic E-state index is 0.0750. The summed E-state index contributed by atoms with van der Waals surface area (Å²) in [6, 6.07) is 12.2. The molecule has 2 aromatic carbocycles. The molecule has 0 heterocycles. The second-order valence-electron chi connectivity index (χ2n) is 4.70. The standard InChI is InChI=1S/C16H13FO2/c17-16-7-4-12(8-13(16)10-18)11-2-1-3-15(9-11)19-14-5-6-14/h1-4,7-10,14H,5-6H2. The lowest BCUT2D eigenvalue weighted by molar-refractivity contribution is 0.112. The van der Waals surface area contributed by atoms with Crippen molar-refractivity contribution < 1.29 is 13.9 Å². The Morgan fingerprint density at radius 2 is 1.89 bits per heavy atom. The van der Waals surface area contributed by atoms with Crippen LogP contribution in [0.25, 0.3) is 11.1 Å². The van der Waals surface area contributed by atoms with Gasteiger partial charge in [-0.1, -0.05) is 18.2 Å². The van der Waals surface area contributed by atoms with Crippen LogP contribution in [-0.2, 0) is 0 Å². The van der Waals surface area contributed by atoms with Gasteiger partial charge in [0.2, 0.25) is 0 Å². The Labute approximate surface area is 110 Å². The van der Waals surface area contributed by atoms with E-state index in [9.17, 15) is 9.18 Å². The minimum Gasteiger partial charge on any atom is -0.490 e. The molecule has 0 amide bonds. The van der Waals surface area contributed by atoms with Crippen molar-refractivity contribution >= 4 is 6.29 Å². The molecule has 1 aliphatic carbocycles. The minimum atomic E-state index is -0.496. The number of hydrogen-bond acceptors (Lipinski definition) is 2. The van der Waals surface area contributed by atoms with Crippen LogP contribution in [0.5, 0.6) is 5.75 Å². The Hall–Kier alpha value is -2.16. The van der Waals surface area contributed by atoms with E-state index in [0.717, 1.165) is 29.7 Å². The lowest BCUT2D eigenvalue weighted by Gasteiger charge is -2.08. The quantitative estimate of drug-likeness (QED) is 0.777. The first-order valence-corrected chi connectivity index (χ1v) is 6.28. The van der Waals surface area contributed by atoms with Gasteiger partial charge in [0, 0.05) is 0 Å². The van der Waals surface area contributed by atoms with Crippen molar-refractivity contribution in [3.8, 4) is 16.9 Å². The van der Waals surface area contributed by atoms with Gasteiger partial charge in [-0.2, -0.15) is 0 Å². The molecule has 0 unspecified atom stereocenters. The highest BCUT2D eigenvalue weighted by atomic mass is 19.1. The Morgan fingerprint density at radius 3 is 2.63 bits per heavy atom. The smallest absolute Gasteiger partial charge is 0.153 e. The number of carbonyl (C=O) groups is 1. The van der Waals surface area contributed by atoms with E-state index >= 15 is 0 Å². The molecule has 1 fully saturated rings. The van der Waals surface area contributed by atoms with Gasteiger partial charge in [-0.05, 0) is 48.2 Å². The predicted octanol–water partition coefficient (Wildman–Crippen LogP) is 3.85. The van der Waals surface area contributed by atoms with Crippen LogP contribution in [0.3, 0.4) is 0 Å². The molecule has 3 rings (SSSR count). The average Bonchev–Trinajstić information content (AvgIpc) is 3.23. The highest BCUT2D eigenvalue weighted by Gasteiger charge is 2.23. The van der Waals surface area contributed by atoms with Crippen LogP contribution in [0.4, 0.5) is 4.39 Å². The fraction of sp³-hybridized carbons (Fsp3) is 0.188. The van der Waals surface area contributed by atoms with E-state index in [0.29, 0.717) is 12.4 Å². The largest absolute Gasteiger partial charge is 0.490 e. The number of rotatable bonds is 4. The summed E-state index contributed by atoms with van der Waals surface area (Å²) in [5.74, 6) is 0.320. The van der Waals surface area contributed by atoms with E-state index in [4.69, 9.17) is 4.74 Å². The van der Waals surface area contributed by atoms with Gasteiger partial charge in [-0.3, -0.25) is 4.79 Å². The lowest BCUT2D eigenvalue weighted by Crippen LogP contribution is -1.95. The summed E-state index contributed by atoms with van der Waals surface area (Å²) in [5, 5.41) is 0. The molecule has 1 aliphatic rings. The molecule has 0 saturated heterocycles. The van der Waals surface area contributed by atoms with E-state index in [1.54, 1.807) is 12.1 Å². The topological polar surface area (TPSA) is 26.3 Å². The molecular formula is C16H13FO2. The van der Waals surface area contributed by atoms with E-state index in [-0.39, 0.29) is 5.56 Å². The summed E-state index contributed by atoms with van der Waals surface area (Å²) in [7, 11) is 0. The van der Waals surface area contributed by atoms with Crippen molar-refractivity contribution in [2.24, 2.45) is 0 Å². The third-order valence-electron chi connectivity index (χ3n) is 3.12. The molecule has 0 N–H and O–H groups in total. The molecule has 2 aromatic rings. The van der Waals surface area contributed by atoms with Crippen molar-refractivity contribution in [3.05, 3.63) is 53.8 Å². The van der Waals surface area contributed by atoms with E-state index < -0.39 is 5.82 Å². The first kappa shape index (κ1) is 11.9. The molecule has 0 bridgehead atoms. The molecule has 0 radical (unpaired) electrons. The van der Waals surface area contributed by atoms with E-state index in [1.807, 2.05) is 24.3 Å². The van der Waals surface area contributed by atoms with E-state index in [1.165, 1.54) is 6.07 Å². The van der Waals surface area contributed by atoms with Crippen LogP contribution in [0.2, 0.25) is 0 Å². The maximum Gasteiger partial charge on any atom is 0.153 e. The lowest BCUT2D eigenvalue weighted by atomic mass is 10.0. The van der Waals surface area contributed by atoms with Crippen molar-refractivity contribution in [2.75, 3.05) is 0 Å². The summed E-state index contributed by atoms with van der Waals surface area (Å²) in [6.45, 7) is 0. The normalized spacial score (nSPS) is 14.2. The summed E-state index contributed by atoms with van der Waals surface area (Å²) in [4.78, 5) is 10.8. The van der Waals surface area contributed by atoms with Crippen LogP contribution in [0.15, 0.2) is 42.5 Å². The summed E-state index contributed by atoms with van der Waals surface area (Å²) >= 11 is 0. The second kappa shape index (κ2) is 4.84. The molecule has 0 aromatic heterocycles. The van der Waals surface area contributed by atoms with Gasteiger partial charge in [0.15, 0.2) is 6.29 Å². The third-order valence-corrected chi connectivity index (χ3v) is 3.12. The molecular weight excluding hydrogens is 243 g/mol. The SMILES string of the molecule is O=Cc1cc(-c2cccc(OC3CC3)c2)ccc1F. The maximum absolute atomic E-state index is 13.3.